The van der Waals surface area contributed by atoms with Gasteiger partial charge in [-0.25, -0.2) is 14.8 Å². The first-order chi connectivity index (χ1) is 14.9. The molecule has 0 spiro atoms. The van der Waals surface area contributed by atoms with Crippen LogP contribution in [0.25, 0.3) is 0 Å². The molecular formula is C20H22Cl2N4O4S. The lowest BCUT2D eigenvalue weighted by Gasteiger charge is -2.33. The molecule has 8 nitrogen and oxygen atoms in total. The fourth-order valence-corrected chi connectivity index (χ4v) is 3.90. The molecule has 1 aromatic carbocycles. The van der Waals surface area contributed by atoms with Crippen LogP contribution in [0.3, 0.4) is 0 Å². The van der Waals surface area contributed by atoms with Crippen molar-refractivity contribution in [3.63, 3.8) is 0 Å². The highest BCUT2D eigenvalue weighted by molar-refractivity contribution is 7.99. The number of rotatable bonds is 8. The molecule has 2 aromatic rings. The molecule has 3 rings (SSSR count). The van der Waals surface area contributed by atoms with Gasteiger partial charge in [-0.1, -0.05) is 41.0 Å². The zero-order valence-corrected chi connectivity index (χ0v) is 19.2. The minimum atomic E-state index is -0.505. The molecule has 1 aromatic heterocycles. The van der Waals surface area contributed by atoms with Crippen LogP contribution in [0.2, 0.25) is 10.0 Å². The first kappa shape index (κ1) is 23.7. The normalized spacial score (nSPS) is 16.7. The number of ether oxygens (including phenoxy) is 2. The van der Waals surface area contributed by atoms with Crippen molar-refractivity contribution in [2.75, 3.05) is 39.1 Å². The molecule has 166 valence electrons. The third-order valence-electron chi connectivity index (χ3n) is 4.52. The number of nitrogens with one attached hydrogen (secondary N) is 1. The summed E-state index contributed by atoms with van der Waals surface area (Å²) in [5.41, 5.74) is 1.34. The lowest BCUT2D eigenvalue weighted by atomic mass is 10.2. The third kappa shape index (κ3) is 7.33. The number of morpholine rings is 1. The fourth-order valence-electron chi connectivity index (χ4n) is 2.97. The molecule has 1 saturated heterocycles. The fraction of sp³-hybridized carbons (Fsp3) is 0.400. The Balaban J connectivity index is 1.40. The van der Waals surface area contributed by atoms with Gasteiger partial charge in [0, 0.05) is 38.6 Å². The van der Waals surface area contributed by atoms with Crippen molar-refractivity contribution in [3.05, 3.63) is 51.8 Å². The number of amides is 1. The first-order valence-electron chi connectivity index (χ1n) is 9.52. The summed E-state index contributed by atoms with van der Waals surface area (Å²) in [4.78, 5) is 33.9. The van der Waals surface area contributed by atoms with Crippen LogP contribution in [-0.4, -0.2) is 72.0 Å². The number of hydrogen-bond donors (Lipinski definition) is 1. The number of benzene rings is 1. The summed E-state index contributed by atoms with van der Waals surface area (Å²) in [6.45, 7) is 3.25. The highest BCUT2D eigenvalue weighted by Gasteiger charge is 2.21. The minimum Gasteiger partial charge on any atom is -0.465 e. The average Bonchev–Trinajstić information content (AvgIpc) is 2.79. The van der Waals surface area contributed by atoms with Gasteiger partial charge in [-0.3, -0.25) is 9.69 Å². The van der Waals surface area contributed by atoms with E-state index in [1.165, 1.54) is 31.3 Å². The number of hydrogen-bond acceptors (Lipinski definition) is 8. The summed E-state index contributed by atoms with van der Waals surface area (Å²) in [6, 6.07) is 5.62. The molecule has 1 fully saturated rings. The minimum absolute atomic E-state index is 0.0962. The van der Waals surface area contributed by atoms with E-state index in [4.69, 9.17) is 27.9 Å². The lowest BCUT2D eigenvalue weighted by molar-refractivity contribution is -0.119. The second-order valence-corrected chi connectivity index (χ2v) is 8.57. The zero-order valence-electron chi connectivity index (χ0n) is 16.8. The van der Waals surface area contributed by atoms with E-state index in [9.17, 15) is 9.59 Å². The molecule has 1 amide bonds. The van der Waals surface area contributed by atoms with Gasteiger partial charge in [0.05, 0.1) is 41.2 Å². The summed E-state index contributed by atoms with van der Waals surface area (Å²) in [5.74, 6) is -0.483. The van der Waals surface area contributed by atoms with Crippen LogP contribution >= 0.6 is 35.0 Å². The van der Waals surface area contributed by atoms with E-state index >= 15 is 0 Å². The zero-order chi connectivity index (χ0) is 22.2. The van der Waals surface area contributed by atoms with Crippen LogP contribution in [0.1, 0.15) is 15.9 Å². The number of carbonyl (C=O) groups excluding carboxylic acids is 2. The molecule has 2 heterocycles. The molecule has 11 heteroatoms. The monoisotopic (exact) mass is 484 g/mol. The first-order valence-corrected chi connectivity index (χ1v) is 11.3. The summed E-state index contributed by atoms with van der Waals surface area (Å²) in [7, 11) is 1.29. The van der Waals surface area contributed by atoms with Crippen molar-refractivity contribution in [3.8, 4) is 0 Å². The Morgan fingerprint density at radius 3 is 2.77 bits per heavy atom. The quantitative estimate of drug-likeness (QED) is 0.347. The van der Waals surface area contributed by atoms with Crippen LogP contribution in [0.5, 0.6) is 0 Å². The summed E-state index contributed by atoms with van der Waals surface area (Å²) in [5, 5.41) is 4.37. The topological polar surface area (TPSA) is 93.6 Å². The third-order valence-corrected chi connectivity index (χ3v) is 6.14. The Kier molecular flexibility index (Phi) is 8.91. The maximum absolute atomic E-state index is 12.2. The van der Waals surface area contributed by atoms with E-state index in [-0.39, 0.29) is 23.3 Å². The number of methoxy groups -OCH3 is 1. The maximum Gasteiger partial charge on any atom is 0.341 e. The molecule has 0 saturated carbocycles. The predicted octanol–water partition coefficient (Wildman–Crippen LogP) is 2.68. The van der Waals surface area contributed by atoms with Crippen LogP contribution in [0, 0.1) is 0 Å². The summed E-state index contributed by atoms with van der Waals surface area (Å²) in [6.07, 6.45) is 2.65. The molecular weight excluding hydrogens is 463 g/mol. The number of thioether (sulfide) groups is 1. The van der Waals surface area contributed by atoms with E-state index in [2.05, 4.69) is 24.9 Å². The standard InChI is InChI=1S/C20H22Cl2N4O4S/c1-29-19(28)14-7-24-20(25-8-14)31-12-18(27)23-9-15-11-26(4-5-30-15)10-13-2-3-16(21)17(22)6-13/h2-3,6-8,15H,4-5,9-12H2,1H3,(H,23,27). The number of aromatic nitrogens is 2. The van der Waals surface area contributed by atoms with Gasteiger partial charge < -0.3 is 14.8 Å². The van der Waals surface area contributed by atoms with Gasteiger partial charge in [0.1, 0.15) is 0 Å². The van der Waals surface area contributed by atoms with Gasteiger partial charge >= 0.3 is 5.97 Å². The van der Waals surface area contributed by atoms with Crippen molar-refractivity contribution in [1.82, 2.24) is 20.2 Å². The van der Waals surface area contributed by atoms with Crippen LogP contribution in [0.15, 0.2) is 35.7 Å². The second kappa shape index (κ2) is 11.6. The van der Waals surface area contributed by atoms with Gasteiger partial charge in [0.2, 0.25) is 5.91 Å². The molecule has 0 aliphatic carbocycles. The maximum atomic E-state index is 12.2. The van der Waals surface area contributed by atoms with Crippen molar-refractivity contribution in [2.45, 2.75) is 17.8 Å². The highest BCUT2D eigenvalue weighted by Crippen LogP contribution is 2.23. The summed E-state index contributed by atoms with van der Waals surface area (Å²) < 4.78 is 10.4. The molecule has 31 heavy (non-hydrogen) atoms. The van der Waals surface area contributed by atoms with Crippen molar-refractivity contribution >= 4 is 46.8 Å². The second-order valence-electron chi connectivity index (χ2n) is 6.82. The van der Waals surface area contributed by atoms with E-state index in [1.807, 2.05) is 12.1 Å². The Morgan fingerprint density at radius 1 is 1.29 bits per heavy atom. The highest BCUT2D eigenvalue weighted by atomic mass is 35.5. The number of halogens is 2. The van der Waals surface area contributed by atoms with Crippen molar-refractivity contribution in [2.24, 2.45) is 0 Å². The molecule has 0 radical (unpaired) electrons. The van der Waals surface area contributed by atoms with E-state index < -0.39 is 5.97 Å². The Labute approximate surface area is 194 Å². The number of esters is 1. The van der Waals surface area contributed by atoms with E-state index in [0.29, 0.717) is 34.9 Å². The van der Waals surface area contributed by atoms with Crippen LogP contribution in [-0.2, 0) is 20.8 Å². The molecule has 1 aliphatic rings. The van der Waals surface area contributed by atoms with Crippen molar-refractivity contribution in [1.29, 1.82) is 0 Å². The Hall–Kier alpha value is -1.91. The largest absolute Gasteiger partial charge is 0.465 e. The van der Waals surface area contributed by atoms with Crippen LogP contribution < -0.4 is 5.32 Å². The molecule has 1 N–H and O–H groups in total. The van der Waals surface area contributed by atoms with Gasteiger partial charge in [-0.05, 0) is 17.7 Å². The Bertz CT molecular complexity index is 917. The van der Waals surface area contributed by atoms with Gasteiger partial charge in [-0.2, -0.15) is 0 Å². The van der Waals surface area contributed by atoms with E-state index in [1.54, 1.807) is 6.07 Å². The number of nitrogens with zero attached hydrogens (tertiary/aromatic N) is 3. The van der Waals surface area contributed by atoms with Gasteiger partial charge in [0.15, 0.2) is 5.16 Å². The number of carbonyl (C=O) groups is 2. The predicted molar refractivity (Wildman–Crippen MR) is 119 cm³/mol. The van der Waals surface area contributed by atoms with Crippen LogP contribution in [0.4, 0.5) is 0 Å². The molecule has 1 atom stereocenters. The van der Waals surface area contributed by atoms with E-state index in [0.717, 1.165) is 18.7 Å². The SMILES string of the molecule is COC(=O)c1cnc(SCC(=O)NCC2CN(Cc3ccc(Cl)c(Cl)c3)CCO2)nc1. The lowest BCUT2D eigenvalue weighted by Crippen LogP contribution is -2.47. The summed E-state index contributed by atoms with van der Waals surface area (Å²) >= 11 is 13.3. The molecule has 0 bridgehead atoms. The average molecular weight is 485 g/mol. The van der Waals surface area contributed by atoms with Crippen molar-refractivity contribution < 1.29 is 19.1 Å². The van der Waals surface area contributed by atoms with Gasteiger partial charge in [0.25, 0.3) is 0 Å². The molecule has 1 unspecified atom stereocenters. The Morgan fingerprint density at radius 2 is 2.06 bits per heavy atom. The molecule has 1 aliphatic heterocycles. The van der Waals surface area contributed by atoms with Gasteiger partial charge in [-0.15, -0.1) is 0 Å². The smallest absolute Gasteiger partial charge is 0.341 e.